The van der Waals surface area contributed by atoms with E-state index in [1.165, 1.54) is 0 Å². The second-order valence-electron chi connectivity index (χ2n) is 2.54. The van der Waals surface area contributed by atoms with E-state index in [1.54, 1.807) is 0 Å². The van der Waals surface area contributed by atoms with Gasteiger partial charge in [-0.15, -0.1) is 6.42 Å². The molecular weight excluding hydrogens is 214 g/mol. The molecule has 1 heterocycles. The Bertz CT molecular complexity index is 462. The van der Waals surface area contributed by atoms with E-state index in [1.807, 2.05) is 24.4 Å². The Morgan fingerprint density at radius 1 is 1.42 bits per heavy atom. The Kier molecular flexibility index (Phi) is 1.67. The Morgan fingerprint density at radius 2 is 2.25 bits per heavy atom. The van der Waals surface area contributed by atoms with Crippen molar-refractivity contribution in [2.24, 2.45) is 0 Å². The highest BCUT2D eigenvalue weighted by Crippen LogP contribution is 2.21. The lowest BCUT2D eigenvalue weighted by Crippen LogP contribution is -1.69. The molecule has 58 valence electrons. The molecule has 0 aliphatic heterocycles. The number of halogens is 1. The summed E-state index contributed by atoms with van der Waals surface area (Å²) in [4.78, 5) is 3.11. The Labute approximate surface area is 78.9 Å². The average molecular weight is 220 g/mol. The molecule has 0 saturated carbocycles. The molecule has 0 aliphatic carbocycles. The molecule has 0 atom stereocenters. The van der Waals surface area contributed by atoms with Gasteiger partial charge in [-0.2, -0.15) is 0 Å². The summed E-state index contributed by atoms with van der Waals surface area (Å²) < 4.78 is 1.06. The summed E-state index contributed by atoms with van der Waals surface area (Å²) in [6.07, 6.45) is 7.16. The van der Waals surface area contributed by atoms with E-state index in [2.05, 4.69) is 26.8 Å². The highest BCUT2D eigenvalue weighted by Gasteiger charge is 1.99. The van der Waals surface area contributed by atoms with Gasteiger partial charge in [0.15, 0.2) is 0 Å². The van der Waals surface area contributed by atoms with Crippen molar-refractivity contribution in [1.29, 1.82) is 0 Å². The van der Waals surface area contributed by atoms with E-state index in [0.29, 0.717) is 0 Å². The van der Waals surface area contributed by atoms with E-state index in [9.17, 15) is 0 Å². The van der Waals surface area contributed by atoms with Crippen molar-refractivity contribution < 1.29 is 0 Å². The molecule has 2 rings (SSSR count). The summed E-state index contributed by atoms with van der Waals surface area (Å²) in [6, 6.07) is 6.00. The fraction of sp³-hybridized carbons (Fsp3) is 0. The lowest BCUT2D eigenvalue weighted by Gasteiger charge is -1.91. The molecule has 2 heteroatoms. The lowest BCUT2D eigenvalue weighted by molar-refractivity contribution is 1.46. The highest BCUT2D eigenvalue weighted by atomic mass is 79.9. The van der Waals surface area contributed by atoms with Crippen LogP contribution in [0.2, 0.25) is 0 Å². The van der Waals surface area contributed by atoms with Gasteiger partial charge in [0, 0.05) is 27.1 Å². The summed E-state index contributed by atoms with van der Waals surface area (Å²) >= 11 is 3.39. The van der Waals surface area contributed by atoms with Crippen LogP contribution in [0.15, 0.2) is 28.9 Å². The standard InChI is InChI=1S/C10H6BrN/c1-2-7-6-12-10-5-8(11)3-4-9(7)10/h1,3-6,12H. The fourth-order valence-corrected chi connectivity index (χ4v) is 1.58. The van der Waals surface area contributed by atoms with Gasteiger partial charge in [-0.25, -0.2) is 0 Å². The van der Waals surface area contributed by atoms with Crippen LogP contribution in [0.4, 0.5) is 0 Å². The van der Waals surface area contributed by atoms with E-state index < -0.39 is 0 Å². The molecule has 1 N–H and O–H groups in total. The third-order valence-corrected chi connectivity index (χ3v) is 2.29. The smallest absolute Gasteiger partial charge is 0.0496 e. The van der Waals surface area contributed by atoms with Gasteiger partial charge in [0.25, 0.3) is 0 Å². The van der Waals surface area contributed by atoms with Crippen molar-refractivity contribution in [2.75, 3.05) is 0 Å². The molecule has 1 aromatic heterocycles. The zero-order valence-electron chi connectivity index (χ0n) is 6.26. The number of aromatic nitrogens is 1. The minimum Gasteiger partial charge on any atom is -0.360 e. The van der Waals surface area contributed by atoms with E-state index in [4.69, 9.17) is 6.42 Å². The number of H-pyrrole nitrogens is 1. The van der Waals surface area contributed by atoms with Gasteiger partial charge in [0.1, 0.15) is 0 Å². The molecule has 0 aliphatic rings. The van der Waals surface area contributed by atoms with Crippen molar-refractivity contribution in [3.05, 3.63) is 34.4 Å². The maximum atomic E-state index is 5.32. The summed E-state index contributed by atoms with van der Waals surface area (Å²) in [5.74, 6) is 2.62. The molecule has 0 unspecified atom stereocenters. The number of hydrogen-bond donors (Lipinski definition) is 1. The van der Waals surface area contributed by atoms with Crippen LogP contribution in [0.3, 0.4) is 0 Å². The van der Waals surface area contributed by atoms with Crippen molar-refractivity contribution in [3.8, 4) is 12.3 Å². The number of aromatic amines is 1. The predicted octanol–water partition coefficient (Wildman–Crippen LogP) is 2.91. The molecule has 12 heavy (non-hydrogen) atoms. The SMILES string of the molecule is C#Cc1c[nH]c2cc(Br)ccc12. The van der Waals surface area contributed by atoms with Crippen molar-refractivity contribution >= 4 is 26.8 Å². The number of nitrogens with one attached hydrogen (secondary N) is 1. The van der Waals surface area contributed by atoms with Crippen LogP contribution in [0.1, 0.15) is 5.56 Å². The molecular formula is C10H6BrN. The summed E-state index contributed by atoms with van der Waals surface area (Å²) in [5, 5.41) is 1.10. The zero-order chi connectivity index (χ0) is 8.55. The number of terminal acetylenes is 1. The van der Waals surface area contributed by atoms with Crippen LogP contribution in [0.25, 0.3) is 10.9 Å². The maximum absolute atomic E-state index is 5.32. The minimum absolute atomic E-state index is 0.914. The van der Waals surface area contributed by atoms with Crippen LogP contribution >= 0.6 is 15.9 Å². The molecule has 1 aromatic carbocycles. The van der Waals surface area contributed by atoms with Gasteiger partial charge in [0.2, 0.25) is 0 Å². The molecule has 0 saturated heterocycles. The van der Waals surface area contributed by atoms with Crippen LogP contribution in [0.5, 0.6) is 0 Å². The summed E-state index contributed by atoms with van der Waals surface area (Å²) in [7, 11) is 0. The first-order chi connectivity index (χ1) is 5.81. The molecule has 0 fully saturated rings. The van der Waals surface area contributed by atoms with Gasteiger partial charge in [-0.1, -0.05) is 27.9 Å². The number of fused-ring (bicyclic) bond motifs is 1. The van der Waals surface area contributed by atoms with Crippen LogP contribution in [0, 0.1) is 12.3 Å². The normalized spacial score (nSPS) is 10.0. The van der Waals surface area contributed by atoms with Gasteiger partial charge < -0.3 is 4.98 Å². The number of hydrogen-bond acceptors (Lipinski definition) is 0. The Hall–Kier alpha value is -1.20. The first kappa shape index (κ1) is 7.45. The minimum atomic E-state index is 0.914. The van der Waals surface area contributed by atoms with Crippen LogP contribution in [-0.2, 0) is 0 Å². The summed E-state index contributed by atoms with van der Waals surface area (Å²) in [5.41, 5.74) is 1.98. The zero-order valence-corrected chi connectivity index (χ0v) is 7.85. The number of benzene rings is 1. The number of rotatable bonds is 0. The summed E-state index contributed by atoms with van der Waals surface area (Å²) in [6.45, 7) is 0. The molecule has 0 radical (unpaired) electrons. The van der Waals surface area contributed by atoms with Gasteiger partial charge in [-0.3, -0.25) is 0 Å². The van der Waals surface area contributed by atoms with Crippen molar-refractivity contribution in [1.82, 2.24) is 4.98 Å². The molecule has 0 amide bonds. The van der Waals surface area contributed by atoms with Gasteiger partial charge >= 0.3 is 0 Å². The fourth-order valence-electron chi connectivity index (χ4n) is 1.22. The first-order valence-corrected chi connectivity index (χ1v) is 4.34. The van der Waals surface area contributed by atoms with E-state index in [0.717, 1.165) is 20.9 Å². The lowest BCUT2D eigenvalue weighted by atomic mass is 10.2. The first-order valence-electron chi connectivity index (χ1n) is 3.54. The topological polar surface area (TPSA) is 15.8 Å². The van der Waals surface area contributed by atoms with Crippen LogP contribution in [-0.4, -0.2) is 4.98 Å². The predicted molar refractivity (Wildman–Crippen MR) is 53.9 cm³/mol. The quantitative estimate of drug-likeness (QED) is 0.657. The van der Waals surface area contributed by atoms with Crippen molar-refractivity contribution in [2.45, 2.75) is 0 Å². The molecule has 0 spiro atoms. The maximum Gasteiger partial charge on any atom is 0.0496 e. The molecule has 0 bridgehead atoms. The average Bonchev–Trinajstić information content (AvgIpc) is 2.46. The van der Waals surface area contributed by atoms with Gasteiger partial charge in [0.05, 0.1) is 0 Å². The Balaban J connectivity index is 2.84. The third-order valence-electron chi connectivity index (χ3n) is 1.80. The Morgan fingerprint density at radius 3 is 3.00 bits per heavy atom. The monoisotopic (exact) mass is 219 g/mol. The largest absolute Gasteiger partial charge is 0.360 e. The van der Waals surface area contributed by atoms with Gasteiger partial charge in [-0.05, 0) is 12.1 Å². The third kappa shape index (κ3) is 1.03. The molecule has 1 nitrogen and oxygen atoms in total. The highest BCUT2D eigenvalue weighted by molar-refractivity contribution is 9.10. The molecule has 2 aromatic rings. The second-order valence-corrected chi connectivity index (χ2v) is 3.45. The van der Waals surface area contributed by atoms with Crippen molar-refractivity contribution in [3.63, 3.8) is 0 Å². The van der Waals surface area contributed by atoms with E-state index in [-0.39, 0.29) is 0 Å². The second kappa shape index (κ2) is 2.69. The van der Waals surface area contributed by atoms with E-state index >= 15 is 0 Å². The van der Waals surface area contributed by atoms with Crippen LogP contribution < -0.4 is 0 Å².